The maximum Gasteiger partial charge on any atom is 0.328 e. The van der Waals surface area contributed by atoms with Crippen LogP contribution in [0.5, 0.6) is 0 Å². The number of rotatable bonds is 7. The van der Waals surface area contributed by atoms with E-state index in [0.717, 1.165) is 10.1 Å². The summed E-state index contributed by atoms with van der Waals surface area (Å²) in [5.74, 6) is -0.794. The molecule has 0 unspecified atom stereocenters. The van der Waals surface area contributed by atoms with Crippen molar-refractivity contribution >= 4 is 17.5 Å². The molecule has 31 heavy (non-hydrogen) atoms. The van der Waals surface area contributed by atoms with Gasteiger partial charge in [0.05, 0.1) is 0 Å². The lowest BCUT2D eigenvalue weighted by Gasteiger charge is -2.25. The molecule has 0 aliphatic heterocycles. The summed E-state index contributed by atoms with van der Waals surface area (Å²) >= 11 is 0. The third kappa shape index (κ3) is 5.57. The van der Waals surface area contributed by atoms with Crippen LogP contribution in [0, 0.1) is 6.92 Å². The van der Waals surface area contributed by atoms with E-state index < -0.39 is 23.2 Å². The Morgan fingerprint density at radius 3 is 2.29 bits per heavy atom. The summed E-state index contributed by atoms with van der Waals surface area (Å²) in [6, 6.07) is 17.7. The van der Waals surface area contributed by atoms with Crippen molar-refractivity contribution in [2.24, 2.45) is 0 Å². The van der Waals surface area contributed by atoms with Crippen molar-refractivity contribution < 1.29 is 9.59 Å². The van der Waals surface area contributed by atoms with Crippen LogP contribution in [-0.4, -0.2) is 34.5 Å². The minimum absolute atomic E-state index is 0.284. The lowest BCUT2D eigenvalue weighted by molar-refractivity contribution is -0.127. The number of carbonyl (C=O) groups excluding carboxylic acids is 2. The highest BCUT2D eigenvalue weighted by Crippen LogP contribution is 2.14. The van der Waals surface area contributed by atoms with Gasteiger partial charge >= 0.3 is 5.69 Å². The number of likely N-dealkylation sites (N-methyl/N-ethyl adjacent to an activating group) is 1. The molecule has 2 N–H and O–H groups in total. The average molecular weight is 420 g/mol. The van der Waals surface area contributed by atoms with E-state index >= 15 is 0 Å². The summed E-state index contributed by atoms with van der Waals surface area (Å²) < 4.78 is 1.11. The maximum absolute atomic E-state index is 13.2. The van der Waals surface area contributed by atoms with E-state index in [4.69, 9.17) is 0 Å². The minimum Gasteiger partial charge on any atom is -0.342 e. The van der Waals surface area contributed by atoms with Crippen LogP contribution < -0.4 is 21.5 Å². The molecule has 1 atom stereocenters. The van der Waals surface area contributed by atoms with Gasteiger partial charge in [-0.1, -0.05) is 48.5 Å². The molecule has 0 saturated carbocycles. The molecule has 8 heteroatoms. The van der Waals surface area contributed by atoms with Crippen LogP contribution in [0.1, 0.15) is 11.1 Å². The zero-order chi connectivity index (χ0) is 22.4. The monoisotopic (exact) mass is 420 g/mol. The molecule has 3 aromatic rings. The number of hydrogen-bond acceptors (Lipinski definition) is 4. The molecular formula is C23H24N4O4. The predicted octanol–water partition coefficient (Wildman–Crippen LogP) is 1.24. The van der Waals surface area contributed by atoms with E-state index in [1.54, 1.807) is 14.0 Å². The van der Waals surface area contributed by atoms with Crippen molar-refractivity contribution in [2.75, 3.05) is 11.9 Å². The molecule has 0 radical (unpaired) electrons. The fourth-order valence-electron chi connectivity index (χ4n) is 3.19. The molecule has 0 spiro atoms. The first-order valence-corrected chi connectivity index (χ1v) is 9.81. The Labute approximate surface area is 179 Å². The first-order valence-electron chi connectivity index (χ1n) is 9.81. The maximum atomic E-state index is 13.2. The fourth-order valence-corrected chi connectivity index (χ4v) is 3.19. The molecule has 0 aliphatic carbocycles. The predicted molar refractivity (Wildman–Crippen MR) is 118 cm³/mol. The molecule has 0 bridgehead atoms. The first-order chi connectivity index (χ1) is 14.8. The van der Waals surface area contributed by atoms with Crippen LogP contribution in [-0.2, 0) is 22.6 Å². The van der Waals surface area contributed by atoms with Gasteiger partial charge < -0.3 is 10.2 Å². The molecule has 3 rings (SSSR count). The van der Waals surface area contributed by atoms with Crippen molar-refractivity contribution in [3.05, 3.63) is 98.8 Å². The zero-order valence-corrected chi connectivity index (χ0v) is 17.4. The Kier molecular flexibility index (Phi) is 6.81. The summed E-state index contributed by atoms with van der Waals surface area (Å²) in [4.78, 5) is 53.1. The van der Waals surface area contributed by atoms with Gasteiger partial charge in [0.25, 0.3) is 5.56 Å². The van der Waals surface area contributed by atoms with Crippen LogP contribution in [0.15, 0.2) is 76.4 Å². The molecule has 0 aliphatic rings. The Morgan fingerprint density at radius 1 is 1.03 bits per heavy atom. The zero-order valence-electron chi connectivity index (χ0n) is 17.4. The van der Waals surface area contributed by atoms with Gasteiger partial charge in [0.1, 0.15) is 12.6 Å². The number of nitrogens with one attached hydrogen (secondary N) is 2. The number of amides is 2. The molecule has 160 valence electrons. The molecule has 2 amide bonds. The third-order valence-electron chi connectivity index (χ3n) is 4.89. The van der Waals surface area contributed by atoms with Gasteiger partial charge in [-0.25, -0.2) is 4.79 Å². The summed E-state index contributed by atoms with van der Waals surface area (Å²) in [5.41, 5.74) is 0.724. The van der Waals surface area contributed by atoms with Crippen molar-refractivity contribution in [3.63, 3.8) is 0 Å². The standard InChI is InChI=1S/C23H24N4O4/c1-16-14-27(23(31)25-21(16)29)15-20(28)24-19(13-17-9-5-3-6-10-17)22(30)26(2)18-11-7-4-8-12-18/h3-12,14,19H,13,15H2,1-2H3,(H,24,28)(H,25,29,31)/t19-/m0/s1. The number of anilines is 1. The molecule has 8 nitrogen and oxygen atoms in total. The van der Waals surface area contributed by atoms with Gasteiger partial charge in [-0.3, -0.25) is 23.9 Å². The fraction of sp³-hybridized carbons (Fsp3) is 0.217. The van der Waals surface area contributed by atoms with Gasteiger partial charge in [-0.2, -0.15) is 0 Å². The second-order valence-electron chi connectivity index (χ2n) is 7.24. The minimum atomic E-state index is -0.834. The Hall–Kier alpha value is -3.94. The molecular weight excluding hydrogens is 396 g/mol. The highest BCUT2D eigenvalue weighted by atomic mass is 16.2. The topological polar surface area (TPSA) is 104 Å². The van der Waals surface area contributed by atoms with E-state index in [9.17, 15) is 19.2 Å². The molecule has 2 aromatic carbocycles. The number of aromatic nitrogens is 2. The second kappa shape index (κ2) is 9.71. The molecule has 0 fully saturated rings. The number of H-pyrrole nitrogens is 1. The summed E-state index contributed by atoms with van der Waals surface area (Å²) in [6.45, 7) is 1.23. The number of aromatic amines is 1. The largest absolute Gasteiger partial charge is 0.342 e. The lowest BCUT2D eigenvalue weighted by Crippen LogP contribution is -2.50. The molecule has 1 heterocycles. The van der Waals surface area contributed by atoms with Gasteiger partial charge in [0, 0.05) is 30.9 Å². The van der Waals surface area contributed by atoms with Crippen molar-refractivity contribution in [2.45, 2.75) is 25.9 Å². The Morgan fingerprint density at radius 2 is 1.65 bits per heavy atom. The SMILES string of the molecule is Cc1cn(CC(=O)N[C@@H](Cc2ccccc2)C(=O)N(C)c2ccccc2)c(=O)[nH]c1=O. The van der Waals surface area contributed by atoms with E-state index in [1.165, 1.54) is 11.1 Å². The number of hydrogen-bond donors (Lipinski definition) is 2. The van der Waals surface area contributed by atoms with Crippen molar-refractivity contribution in [3.8, 4) is 0 Å². The quantitative estimate of drug-likeness (QED) is 0.600. The van der Waals surface area contributed by atoms with Gasteiger partial charge in [-0.05, 0) is 24.6 Å². The van der Waals surface area contributed by atoms with Crippen molar-refractivity contribution in [1.29, 1.82) is 0 Å². The van der Waals surface area contributed by atoms with Gasteiger partial charge in [0.15, 0.2) is 0 Å². The van der Waals surface area contributed by atoms with Crippen LogP contribution in [0.25, 0.3) is 0 Å². The summed E-state index contributed by atoms with van der Waals surface area (Å²) in [5, 5.41) is 2.74. The summed E-state index contributed by atoms with van der Waals surface area (Å²) in [7, 11) is 1.65. The van der Waals surface area contributed by atoms with Crippen LogP contribution >= 0.6 is 0 Å². The van der Waals surface area contributed by atoms with Gasteiger partial charge in [0.2, 0.25) is 11.8 Å². The number of benzene rings is 2. The molecule has 1 aromatic heterocycles. The number of nitrogens with zero attached hydrogens (tertiary/aromatic N) is 2. The second-order valence-corrected chi connectivity index (χ2v) is 7.24. The third-order valence-corrected chi connectivity index (χ3v) is 4.89. The Bertz CT molecular complexity index is 1170. The van der Waals surface area contributed by atoms with E-state index in [0.29, 0.717) is 17.7 Å². The smallest absolute Gasteiger partial charge is 0.328 e. The first kappa shape index (κ1) is 21.8. The summed E-state index contributed by atoms with van der Waals surface area (Å²) in [6.07, 6.45) is 1.62. The Balaban J connectivity index is 1.81. The van der Waals surface area contributed by atoms with Crippen LogP contribution in [0.3, 0.4) is 0 Å². The van der Waals surface area contributed by atoms with E-state index in [-0.39, 0.29) is 12.5 Å². The van der Waals surface area contributed by atoms with Crippen molar-refractivity contribution in [1.82, 2.24) is 14.9 Å². The van der Waals surface area contributed by atoms with Gasteiger partial charge in [-0.15, -0.1) is 0 Å². The van der Waals surface area contributed by atoms with E-state index in [2.05, 4.69) is 10.3 Å². The number of aryl methyl sites for hydroxylation is 1. The highest BCUT2D eigenvalue weighted by molar-refractivity contribution is 5.98. The normalized spacial score (nSPS) is 11.5. The van der Waals surface area contributed by atoms with E-state index in [1.807, 2.05) is 60.7 Å². The highest BCUT2D eigenvalue weighted by Gasteiger charge is 2.25. The number of carbonyl (C=O) groups is 2. The average Bonchev–Trinajstić information content (AvgIpc) is 2.77. The van der Waals surface area contributed by atoms with Crippen LogP contribution in [0.4, 0.5) is 5.69 Å². The van der Waals surface area contributed by atoms with Crippen LogP contribution in [0.2, 0.25) is 0 Å². The number of para-hydroxylation sites is 1. The lowest BCUT2D eigenvalue weighted by atomic mass is 10.0. The molecule has 0 saturated heterocycles.